The van der Waals surface area contributed by atoms with Gasteiger partial charge < -0.3 is 23.9 Å². The third kappa shape index (κ3) is 4.35. The largest absolute Gasteiger partial charge is 0.497 e. The molecule has 1 N–H and O–H groups in total. The molecular weight excluding hydrogens is 398 g/mol. The summed E-state index contributed by atoms with van der Waals surface area (Å²) in [6, 6.07) is 10.8. The number of methoxy groups -OCH3 is 1. The minimum atomic E-state index is -0.425. The predicted molar refractivity (Wildman–Crippen MR) is 116 cm³/mol. The summed E-state index contributed by atoms with van der Waals surface area (Å²) < 4.78 is 21.8. The summed E-state index contributed by atoms with van der Waals surface area (Å²) in [7, 11) is 1.56. The smallest absolute Gasteiger partial charge is 0.339 e. The van der Waals surface area contributed by atoms with Crippen LogP contribution < -0.4 is 25.2 Å². The molecule has 0 bridgehead atoms. The third-order valence-electron chi connectivity index (χ3n) is 5.54. The minimum absolute atomic E-state index is 0.143. The number of hydrogen-bond acceptors (Lipinski definition) is 6. The highest BCUT2D eigenvalue weighted by atomic mass is 16.6. The molecule has 0 saturated carbocycles. The highest BCUT2D eigenvalue weighted by Crippen LogP contribution is 2.32. The van der Waals surface area contributed by atoms with Crippen molar-refractivity contribution in [2.75, 3.05) is 20.3 Å². The Balaban J connectivity index is 1.44. The molecular formula is C24H25NO6. The van der Waals surface area contributed by atoms with Gasteiger partial charge in [0, 0.05) is 23.4 Å². The van der Waals surface area contributed by atoms with Crippen LogP contribution in [-0.2, 0) is 11.2 Å². The number of hydrogen-bond donors (Lipinski definition) is 1. The summed E-state index contributed by atoms with van der Waals surface area (Å²) >= 11 is 0. The average Bonchev–Trinajstić information content (AvgIpc) is 2.78. The predicted octanol–water partition coefficient (Wildman–Crippen LogP) is 3.69. The fraction of sp³-hybridized carbons (Fsp3) is 0.333. The van der Waals surface area contributed by atoms with Gasteiger partial charge in [-0.15, -0.1) is 0 Å². The molecule has 0 radical (unpaired) electrons. The van der Waals surface area contributed by atoms with Gasteiger partial charge in [-0.05, 0) is 55.7 Å². The van der Waals surface area contributed by atoms with Crippen LogP contribution >= 0.6 is 0 Å². The monoisotopic (exact) mass is 423 g/mol. The SMILES string of the molecule is COc1ccc2c(C)c(CCC(=O)NC(C)c3ccc4c(c3)OCCO4)c(=O)oc2c1. The van der Waals surface area contributed by atoms with E-state index in [-0.39, 0.29) is 18.4 Å². The van der Waals surface area contributed by atoms with E-state index < -0.39 is 5.63 Å². The van der Waals surface area contributed by atoms with Crippen molar-refractivity contribution in [1.82, 2.24) is 5.32 Å². The zero-order valence-corrected chi connectivity index (χ0v) is 17.8. The van der Waals surface area contributed by atoms with Crippen molar-refractivity contribution in [3.8, 4) is 17.2 Å². The summed E-state index contributed by atoms with van der Waals surface area (Å²) in [6.45, 7) is 4.83. The number of carbonyl (C=O) groups excluding carboxylic acids is 1. The van der Waals surface area contributed by atoms with Crippen molar-refractivity contribution in [2.24, 2.45) is 0 Å². The van der Waals surface area contributed by atoms with Crippen molar-refractivity contribution in [3.05, 3.63) is 63.5 Å². The Hall–Kier alpha value is -3.48. The average molecular weight is 423 g/mol. The molecule has 7 nitrogen and oxygen atoms in total. The normalized spacial score (nSPS) is 13.6. The first-order chi connectivity index (χ1) is 15.0. The molecule has 7 heteroatoms. The first kappa shape index (κ1) is 20.8. The van der Waals surface area contributed by atoms with Crippen molar-refractivity contribution in [3.63, 3.8) is 0 Å². The number of fused-ring (bicyclic) bond motifs is 2. The van der Waals surface area contributed by atoms with Gasteiger partial charge in [0.2, 0.25) is 5.91 Å². The Morgan fingerprint density at radius 1 is 1.13 bits per heavy atom. The van der Waals surface area contributed by atoms with Crippen LogP contribution in [0.5, 0.6) is 17.2 Å². The maximum Gasteiger partial charge on any atom is 0.339 e. The van der Waals surface area contributed by atoms with Gasteiger partial charge in [0.25, 0.3) is 0 Å². The van der Waals surface area contributed by atoms with E-state index in [4.69, 9.17) is 18.6 Å². The van der Waals surface area contributed by atoms with Crippen molar-refractivity contribution in [1.29, 1.82) is 0 Å². The molecule has 4 rings (SSSR count). The lowest BCUT2D eigenvalue weighted by Crippen LogP contribution is -2.27. The Labute approximate surface area is 179 Å². The van der Waals surface area contributed by atoms with Crippen molar-refractivity contribution < 1.29 is 23.4 Å². The van der Waals surface area contributed by atoms with Crippen LogP contribution in [0.25, 0.3) is 11.0 Å². The molecule has 2 aromatic carbocycles. The van der Waals surface area contributed by atoms with E-state index in [0.717, 1.165) is 16.5 Å². The standard InChI is InChI=1S/C24H25NO6/c1-14-18-6-5-17(28-3)13-21(18)31-24(27)19(14)7-9-23(26)25-15(2)16-4-8-20-22(12-16)30-11-10-29-20/h4-6,8,12-13,15H,7,9-11H2,1-3H3,(H,25,26). The molecule has 0 aliphatic carbocycles. The minimum Gasteiger partial charge on any atom is -0.497 e. The van der Waals surface area contributed by atoms with Crippen LogP contribution in [0, 0.1) is 6.92 Å². The fourth-order valence-electron chi connectivity index (χ4n) is 3.76. The number of aryl methyl sites for hydroxylation is 1. The van der Waals surface area contributed by atoms with Crippen LogP contribution in [0.4, 0.5) is 0 Å². The molecule has 162 valence electrons. The number of amides is 1. The van der Waals surface area contributed by atoms with E-state index in [9.17, 15) is 9.59 Å². The summed E-state index contributed by atoms with van der Waals surface area (Å²) in [5, 5.41) is 3.81. The third-order valence-corrected chi connectivity index (χ3v) is 5.54. The molecule has 31 heavy (non-hydrogen) atoms. The first-order valence-electron chi connectivity index (χ1n) is 10.3. The molecule has 1 aliphatic heterocycles. The first-order valence-corrected chi connectivity index (χ1v) is 10.3. The second kappa shape index (κ2) is 8.71. The Bertz CT molecular complexity index is 1180. The summed E-state index contributed by atoms with van der Waals surface area (Å²) in [5.41, 5.74) is 2.31. The Morgan fingerprint density at radius 3 is 2.68 bits per heavy atom. The van der Waals surface area contributed by atoms with Crippen molar-refractivity contribution >= 4 is 16.9 Å². The van der Waals surface area contributed by atoms with E-state index in [1.165, 1.54) is 0 Å². The van der Waals surface area contributed by atoms with Gasteiger partial charge in [0.15, 0.2) is 11.5 Å². The van der Waals surface area contributed by atoms with E-state index in [0.29, 0.717) is 48.0 Å². The zero-order valence-electron chi connectivity index (χ0n) is 17.8. The van der Waals surface area contributed by atoms with E-state index in [2.05, 4.69) is 5.32 Å². The van der Waals surface area contributed by atoms with Crippen LogP contribution in [0.1, 0.15) is 36.1 Å². The molecule has 0 saturated heterocycles. The zero-order chi connectivity index (χ0) is 22.0. The van der Waals surface area contributed by atoms with E-state index in [1.54, 1.807) is 13.2 Å². The molecule has 0 fully saturated rings. The molecule has 3 aromatic rings. The van der Waals surface area contributed by atoms with Gasteiger partial charge in [-0.1, -0.05) is 6.07 Å². The number of nitrogens with one attached hydrogen (secondary N) is 1. The fourth-order valence-corrected chi connectivity index (χ4v) is 3.76. The number of benzene rings is 2. The number of ether oxygens (including phenoxy) is 3. The Morgan fingerprint density at radius 2 is 1.90 bits per heavy atom. The molecule has 1 amide bonds. The molecule has 1 aromatic heterocycles. The van der Waals surface area contributed by atoms with Crippen LogP contribution in [0.15, 0.2) is 45.6 Å². The highest BCUT2D eigenvalue weighted by molar-refractivity contribution is 5.83. The molecule has 1 unspecified atom stereocenters. The number of carbonyl (C=O) groups is 1. The lowest BCUT2D eigenvalue weighted by atomic mass is 10.0. The highest BCUT2D eigenvalue weighted by Gasteiger charge is 2.17. The number of rotatable bonds is 6. The molecule has 2 heterocycles. The van der Waals surface area contributed by atoms with Crippen LogP contribution in [0.2, 0.25) is 0 Å². The van der Waals surface area contributed by atoms with Gasteiger partial charge in [0.05, 0.1) is 13.2 Å². The van der Waals surface area contributed by atoms with Gasteiger partial charge in [-0.2, -0.15) is 0 Å². The van der Waals surface area contributed by atoms with E-state index in [1.807, 2.05) is 44.2 Å². The summed E-state index contributed by atoms with van der Waals surface area (Å²) in [6.07, 6.45) is 0.484. The van der Waals surface area contributed by atoms with Crippen LogP contribution in [0.3, 0.4) is 0 Å². The van der Waals surface area contributed by atoms with E-state index >= 15 is 0 Å². The quantitative estimate of drug-likeness (QED) is 0.609. The van der Waals surface area contributed by atoms with Gasteiger partial charge in [-0.25, -0.2) is 4.79 Å². The molecule has 1 atom stereocenters. The maximum absolute atomic E-state index is 12.5. The maximum atomic E-state index is 12.5. The molecule has 1 aliphatic rings. The lowest BCUT2D eigenvalue weighted by Gasteiger charge is -2.21. The topological polar surface area (TPSA) is 87.0 Å². The summed E-state index contributed by atoms with van der Waals surface area (Å²) in [5.74, 6) is 1.88. The summed E-state index contributed by atoms with van der Waals surface area (Å²) in [4.78, 5) is 25.0. The van der Waals surface area contributed by atoms with Crippen molar-refractivity contribution in [2.45, 2.75) is 32.7 Å². The second-order valence-corrected chi connectivity index (χ2v) is 7.55. The van der Waals surface area contributed by atoms with Gasteiger partial charge in [-0.3, -0.25) is 4.79 Å². The van der Waals surface area contributed by atoms with Crippen LogP contribution in [-0.4, -0.2) is 26.2 Å². The Kier molecular flexibility index (Phi) is 5.84. The lowest BCUT2D eigenvalue weighted by molar-refractivity contribution is -0.121. The van der Waals surface area contributed by atoms with Gasteiger partial charge >= 0.3 is 5.63 Å². The second-order valence-electron chi connectivity index (χ2n) is 7.55. The molecule has 0 spiro atoms. The van der Waals surface area contributed by atoms with Gasteiger partial charge in [0.1, 0.15) is 24.5 Å².